The van der Waals surface area contributed by atoms with Crippen molar-refractivity contribution < 1.29 is 24.9 Å². The maximum absolute atomic E-state index is 10.3. The molecule has 0 aliphatic heterocycles. The number of rotatable bonds is 16. The molecule has 22 heavy (non-hydrogen) atoms. The summed E-state index contributed by atoms with van der Waals surface area (Å²) in [7, 11) is 0. The minimum absolute atomic E-state index is 0.174. The van der Waals surface area contributed by atoms with Crippen molar-refractivity contribution in [3.05, 3.63) is 0 Å². The van der Waals surface area contributed by atoms with E-state index in [0.29, 0.717) is 0 Å². The molecule has 0 saturated heterocycles. The average Bonchev–Trinajstić information content (AvgIpc) is 2.44. The molecule has 0 fully saturated rings. The van der Waals surface area contributed by atoms with Crippen molar-refractivity contribution in [2.24, 2.45) is 0 Å². The van der Waals surface area contributed by atoms with Crippen molar-refractivity contribution in [2.75, 3.05) is 23.0 Å². The number of hydrogen-bond donors (Lipinski definition) is 3. The van der Waals surface area contributed by atoms with Crippen LogP contribution in [-0.2, 0) is 9.59 Å². The van der Waals surface area contributed by atoms with Crippen LogP contribution < -0.4 is 0 Å². The number of aliphatic carboxylic acids is 2. The van der Waals surface area contributed by atoms with Crippen LogP contribution in [-0.4, -0.2) is 56.4 Å². The van der Waals surface area contributed by atoms with E-state index in [9.17, 15) is 14.7 Å². The third-order valence-electron chi connectivity index (χ3n) is 3.10. The number of carbonyl (C=O) groups is 2. The number of hydrogen-bond acceptors (Lipinski definition) is 5. The molecular formula is C15H28O5S2. The van der Waals surface area contributed by atoms with Gasteiger partial charge in [0.15, 0.2) is 0 Å². The molecule has 5 nitrogen and oxygen atoms in total. The summed E-state index contributed by atoms with van der Waals surface area (Å²) in [6.07, 6.45) is 7.46. The number of carboxylic acids is 2. The van der Waals surface area contributed by atoms with E-state index in [1.54, 1.807) is 0 Å². The summed E-state index contributed by atoms with van der Waals surface area (Å²) in [6.45, 7) is 0. The van der Waals surface area contributed by atoms with Gasteiger partial charge in [-0.1, -0.05) is 25.7 Å². The average molecular weight is 353 g/mol. The van der Waals surface area contributed by atoms with Gasteiger partial charge in [-0.25, -0.2) is 0 Å². The molecule has 3 N–H and O–H groups in total. The smallest absolute Gasteiger partial charge is 0.313 e. The van der Waals surface area contributed by atoms with Crippen LogP contribution in [0.3, 0.4) is 0 Å². The second-order valence-electron chi connectivity index (χ2n) is 5.25. The van der Waals surface area contributed by atoms with Crippen LogP contribution in [0.4, 0.5) is 0 Å². The normalized spacial score (nSPS) is 11.0. The van der Waals surface area contributed by atoms with Gasteiger partial charge in [-0.05, 0) is 37.2 Å². The zero-order valence-electron chi connectivity index (χ0n) is 13.0. The van der Waals surface area contributed by atoms with Crippen LogP contribution in [0.5, 0.6) is 0 Å². The number of unbranched alkanes of at least 4 members (excludes halogenated alkanes) is 4. The molecule has 0 aromatic heterocycles. The molecule has 130 valence electrons. The minimum atomic E-state index is -0.762. The molecule has 0 aliphatic carbocycles. The molecule has 0 atom stereocenters. The second-order valence-corrected chi connectivity index (χ2v) is 7.46. The Hall–Kier alpha value is -0.400. The van der Waals surface area contributed by atoms with E-state index in [2.05, 4.69) is 0 Å². The fourth-order valence-corrected chi connectivity index (χ4v) is 3.44. The molecule has 0 aromatic rings. The topological polar surface area (TPSA) is 94.8 Å². The lowest BCUT2D eigenvalue weighted by Crippen LogP contribution is -2.06. The number of aliphatic hydroxyl groups is 1. The van der Waals surface area contributed by atoms with Crippen LogP contribution in [0, 0.1) is 0 Å². The summed E-state index contributed by atoms with van der Waals surface area (Å²) in [4.78, 5) is 20.6. The molecule has 0 saturated carbocycles. The minimum Gasteiger partial charge on any atom is -0.481 e. The lowest BCUT2D eigenvalue weighted by atomic mass is 10.0. The van der Waals surface area contributed by atoms with Crippen LogP contribution in [0.1, 0.15) is 51.4 Å². The third kappa shape index (κ3) is 17.7. The van der Waals surface area contributed by atoms with Gasteiger partial charge in [0.2, 0.25) is 0 Å². The Balaban J connectivity index is 3.21. The van der Waals surface area contributed by atoms with Crippen molar-refractivity contribution >= 4 is 35.5 Å². The molecular weight excluding hydrogens is 324 g/mol. The summed E-state index contributed by atoms with van der Waals surface area (Å²) in [5.41, 5.74) is 0. The largest absolute Gasteiger partial charge is 0.481 e. The standard InChI is InChI=1S/C15H28O5S2/c16-13(7-3-1-5-9-21-11-14(17)18)8-4-2-6-10-22-12-15(19)20/h13,16H,1-12H2,(H,17,18)(H,19,20). The molecule has 7 heteroatoms. The van der Waals surface area contributed by atoms with E-state index in [0.717, 1.165) is 62.9 Å². The van der Waals surface area contributed by atoms with Gasteiger partial charge in [0.1, 0.15) is 0 Å². The summed E-state index contributed by atoms with van der Waals surface area (Å²) >= 11 is 2.89. The molecule has 0 bridgehead atoms. The van der Waals surface area contributed by atoms with E-state index >= 15 is 0 Å². The molecule has 0 spiro atoms. The first-order valence-electron chi connectivity index (χ1n) is 7.79. The van der Waals surface area contributed by atoms with Gasteiger partial charge in [0, 0.05) is 0 Å². The van der Waals surface area contributed by atoms with Crippen LogP contribution in [0.15, 0.2) is 0 Å². The summed E-state index contributed by atoms with van der Waals surface area (Å²) in [6, 6.07) is 0. The molecule has 0 radical (unpaired) electrons. The lowest BCUT2D eigenvalue weighted by molar-refractivity contribution is -0.134. The Kier molecular flexibility index (Phi) is 15.2. The first-order valence-corrected chi connectivity index (χ1v) is 10.1. The Morgan fingerprint density at radius 1 is 0.727 bits per heavy atom. The highest BCUT2D eigenvalue weighted by atomic mass is 32.2. The van der Waals surface area contributed by atoms with Crippen molar-refractivity contribution in [1.82, 2.24) is 0 Å². The number of aliphatic hydroxyl groups excluding tert-OH is 1. The van der Waals surface area contributed by atoms with Crippen LogP contribution >= 0.6 is 23.5 Å². The molecule has 0 amide bonds. The molecule has 0 rings (SSSR count). The number of thioether (sulfide) groups is 2. The fraction of sp³-hybridized carbons (Fsp3) is 0.867. The highest BCUT2D eigenvalue weighted by Crippen LogP contribution is 2.13. The van der Waals surface area contributed by atoms with Gasteiger partial charge in [0.05, 0.1) is 17.6 Å². The molecule has 0 aliphatic rings. The van der Waals surface area contributed by atoms with Gasteiger partial charge in [-0.15, -0.1) is 0 Å². The maximum atomic E-state index is 10.3. The fourth-order valence-electron chi connectivity index (χ4n) is 1.99. The van der Waals surface area contributed by atoms with E-state index in [1.165, 1.54) is 23.5 Å². The third-order valence-corrected chi connectivity index (χ3v) is 5.16. The zero-order valence-corrected chi connectivity index (χ0v) is 14.7. The van der Waals surface area contributed by atoms with Crippen molar-refractivity contribution in [2.45, 2.75) is 57.5 Å². The monoisotopic (exact) mass is 352 g/mol. The Morgan fingerprint density at radius 2 is 1.14 bits per heavy atom. The van der Waals surface area contributed by atoms with Gasteiger partial charge in [0.25, 0.3) is 0 Å². The lowest BCUT2D eigenvalue weighted by Gasteiger charge is -2.10. The first-order chi connectivity index (χ1) is 10.5. The summed E-state index contributed by atoms with van der Waals surface area (Å²) in [5, 5.41) is 26.8. The highest BCUT2D eigenvalue weighted by molar-refractivity contribution is 8.00. The molecule has 0 aromatic carbocycles. The predicted molar refractivity (Wildman–Crippen MR) is 92.9 cm³/mol. The Morgan fingerprint density at radius 3 is 1.50 bits per heavy atom. The van der Waals surface area contributed by atoms with Gasteiger partial charge >= 0.3 is 11.9 Å². The quantitative estimate of drug-likeness (QED) is 0.367. The maximum Gasteiger partial charge on any atom is 0.313 e. The SMILES string of the molecule is O=C(O)CSCCCCCC(O)CCCCCSCC(=O)O. The first kappa shape index (κ1) is 21.6. The van der Waals surface area contributed by atoms with E-state index in [4.69, 9.17) is 10.2 Å². The van der Waals surface area contributed by atoms with Gasteiger partial charge < -0.3 is 15.3 Å². The van der Waals surface area contributed by atoms with E-state index in [-0.39, 0.29) is 17.6 Å². The summed E-state index contributed by atoms with van der Waals surface area (Å²) < 4.78 is 0. The zero-order chi connectivity index (χ0) is 16.6. The van der Waals surface area contributed by atoms with Crippen molar-refractivity contribution in [1.29, 1.82) is 0 Å². The Bertz CT molecular complexity index is 272. The van der Waals surface area contributed by atoms with Gasteiger partial charge in [-0.2, -0.15) is 23.5 Å². The molecule has 0 heterocycles. The summed E-state index contributed by atoms with van der Waals surface area (Å²) in [5.74, 6) is 0.566. The predicted octanol–water partition coefficient (Wildman–Crippen LogP) is 3.10. The highest BCUT2D eigenvalue weighted by Gasteiger charge is 2.04. The van der Waals surface area contributed by atoms with Crippen LogP contribution in [0.25, 0.3) is 0 Å². The molecule has 0 unspecified atom stereocenters. The second kappa shape index (κ2) is 15.5. The number of carboxylic acid groups (broad SMARTS) is 2. The van der Waals surface area contributed by atoms with Crippen molar-refractivity contribution in [3.8, 4) is 0 Å². The van der Waals surface area contributed by atoms with E-state index < -0.39 is 11.9 Å². The van der Waals surface area contributed by atoms with Crippen LogP contribution in [0.2, 0.25) is 0 Å². The van der Waals surface area contributed by atoms with Gasteiger partial charge in [-0.3, -0.25) is 9.59 Å². The Labute approximate surface area is 141 Å². The van der Waals surface area contributed by atoms with E-state index in [1.807, 2.05) is 0 Å². The van der Waals surface area contributed by atoms with Crippen molar-refractivity contribution in [3.63, 3.8) is 0 Å².